The van der Waals surface area contributed by atoms with Crippen LogP contribution in [0.1, 0.15) is 25.3 Å². The van der Waals surface area contributed by atoms with E-state index >= 15 is 0 Å². The van der Waals surface area contributed by atoms with Crippen molar-refractivity contribution in [1.82, 2.24) is 10.2 Å². The van der Waals surface area contributed by atoms with Crippen LogP contribution < -0.4 is 5.30 Å². The number of benzene rings is 1. The average Bonchev–Trinajstić information content (AvgIpc) is 2.26. The van der Waals surface area contributed by atoms with Gasteiger partial charge in [-0.1, -0.05) is 39.2 Å². The Bertz CT molecular complexity index is 596. The van der Waals surface area contributed by atoms with Gasteiger partial charge in [-0.25, -0.2) is 0 Å². The third kappa shape index (κ3) is 2.28. The first-order valence-corrected chi connectivity index (χ1v) is 8.70. The van der Waals surface area contributed by atoms with Gasteiger partial charge in [0.15, 0.2) is 0 Å². The minimum Gasteiger partial charge on any atom is -0.158 e. The Morgan fingerprint density at radius 3 is 2.35 bits per heavy atom. The molecule has 0 fully saturated rings. The Morgan fingerprint density at radius 1 is 1.12 bits per heavy atom. The van der Waals surface area contributed by atoms with Crippen LogP contribution >= 0.6 is 6.89 Å². The van der Waals surface area contributed by atoms with E-state index in [1.54, 1.807) is 0 Å². The monoisotopic (exact) mass is 246 g/mol. The van der Waals surface area contributed by atoms with E-state index in [4.69, 9.17) is 0 Å². The second-order valence-electron chi connectivity index (χ2n) is 5.34. The normalized spacial score (nSPS) is 12.3. The zero-order valence-corrected chi connectivity index (χ0v) is 11.8. The maximum Gasteiger partial charge on any atom is 0.0581 e. The minimum atomic E-state index is -1.32. The Balaban J connectivity index is 2.90. The van der Waals surface area contributed by atoms with Gasteiger partial charge in [0.2, 0.25) is 0 Å². The van der Waals surface area contributed by atoms with E-state index in [1.165, 1.54) is 16.3 Å². The van der Waals surface area contributed by atoms with Crippen LogP contribution in [0.2, 0.25) is 0 Å². The third-order valence-electron chi connectivity index (χ3n) is 2.96. The highest BCUT2D eigenvalue weighted by Crippen LogP contribution is 2.40. The molecule has 0 atom stereocenters. The van der Waals surface area contributed by atoms with Crippen LogP contribution in [-0.4, -0.2) is 29.8 Å². The molecule has 0 aliphatic heterocycles. The first kappa shape index (κ1) is 12.3. The number of hydrogen-bond acceptors (Lipinski definition) is 2. The van der Waals surface area contributed by atoms with E-state index in [0.717, 1.165) is 5.39 Å². The van der Waals surface area contributed by atoms with Crippen molar-refractivity contribution >= 4 is 29.3 Å². The number of fused-ring (bicyclic) bond motifs is 1. The van der Waals surface area contributed by atoms with Gasteiger partial charge in [-0.3, -0.25) is 0 Å². The Morgan fingerprint density at radius 2 is 1.76 bits per heavy atom. The molecular weight excluding hydrogens is 227 g/mol. The van der Waals surface area contributed by atoms with Crippen LogP contribution in [0.25, 0.3) is 10.8 Å². The molecule has 0 amide bonds. The Labute approximate surface area is 103 Å². The van der Waals surface area contributed by atoms with Crippen molar-refractivity contribution in [2.45, 2.75) is 19.8 Å². The maximum atomic E-state index is 4.40. The Hall–Kier alpha value is -1.14. The Kier molecular flexibility index (Phi) is 3.09. The summed E-state index contributed by atoms with van der Waals surface area (Å²) in [6, 6.07) is 4.36. The zero-order valence-electron chi connectivity index (χ0n) is 10.9. The largest absolute Gasteiger partial charge is 0.158 e. The average molecular weight is 246 g/mol. The molecule has 0 radical (unpaired) electrons. The van der Waals surface area contributed by atoms with E-state index in [2.05, 4.69) is 55.8 Å². The molecule has 0 aliphatic carbocycles. The van der Waals surface area contributed by atoms with Gasteiger partial charge in [-0.2, -0.15) is 10.2 Å². The molecule has 0 bridgehead atoms. The van der Waals surface area contributed by atoms with E-state index in [1.807, 2.05) is 12.4 Å². The van der Waals surface area contributed by atoms with E-state index in [9.17, 15) is 0 Å². The highest BCUT2D eigenvalue weighted by molar-refractivity contribution is 7.79. The summed E-state index contributed by atoms with van der Waals surface area (Å²) >= 11 is 0. The van der Waals surface area contributed by atoms with Crippen LogP contribution in [0, 0.1) is 0 Å². The van der Waals surface area contributed by atoms with E-state index < -0.39 is 6.89 Å². The molecule has 0 aliphatic rings. The lowest BCUT2D eigenvalue weighted by Gasteiger charge is -2.22. The van der Waals surface area contributed by atoms with Crippen LogP contribution in [0.15, 0.2) is 24.5 Å². The lowest BCUT2D eigenvalue weighted by atomic mass is 10.0. The number of aromatic nitrogens is 2. The molecule has 2 rings (SSSR count). The molecule has 0 spiro atoms. The summed E-state index contributed by atoms with van der Waals surface area (Å²) in [5.74, 6) is 0.517. The predicted octanol–water partition coefficient (Wildman–Crippen LogP) is 3.09. The molecule has 0 saturated carbocycles. The summed E-state index contributed by atoms with van der Waals surface area (Å²) in [7, 11) is 0. The minimum absolute atomic E-state index is 0.517. The summed E-state index contributed by atoms with van der Waals surface area (Å²) in [5, 5.41) is 11.8. The first-order chi connectivity index (χ1) is 7.91. The second kappa shape index (κ2) is 4.27. The van der Waals surface area contributed by atoms with Crippen LogP contribution in [0.3, 0.4) is 0 Å². The maximum absolute atomic E-state index is 4.40. The van der Waals surface area contributed by atoms with Gasteiger partial charge in [0.05, 0.1) is 12.4 Å². The molecule has 1 aromatic carbocycles. The molecular formula is C14H19N2P. The molecule has 1 aromatic heterocycles. The standard InChI is InChI=1S/C14H19N2P/c1-10(2)12-7-6-11-8-15-16-9-13(11)14(12)17(3,4)5/h6-10H,3H2,1-2,4-5H3. The number of nitrogens with zero attached hydrogens (tertiary/aromatic N) is 2. The van der Waals surface area contributed by atoms with Crippen LogP contribution in [0.4, 0.5) is 0 Å². The fourth-order valence-electron chi connectivity index (χ4n) is 2.22. The molecule has 17 heavy (non-hydrogen) atoms. The SMILES string of the molecule is C=P(C)(C)c1c(C(C)C)ccc2cnncc12. The predicted molar refractivity (Wildman–Crippen MR) is 79.2 cm³/mol. The molecule has 0 N–H and O–H groups in total. The fraction of sp³-hybridized carbons (Fsp3) is 0.357. The van der Waals surface area contributed by atoms with Crippen molar-refractivity contribution < 1.29 is 0 Å². The summed E-state index contributed by atoms with van der Waals surface area (Å²) in [5.41, 5.74) is 1.40. The van der Waals surface area contributed by atoms with Crippen LogP contribution in [0.5, 0.6) is 0 Å². The van der Waals surface area contributed by atoms with Gasteiger partial charge in [-0.15, -0.1) is 0 Å². The molecule has 3 heteroatoms. The van der Waals surface area contributed by atoms with Gasteiger partial charge in [0.25, 0.3) is 0 Å². The number of hydrogen-bond donors (Lipinski definition) is 0. The van der Waals surface area contributed by atoms with Crippen molar-refractivity contribution in [3.63, 3.8) is 0 Å². The molecule has 0 saturated heterocycles. The van der Waals surface area contributed by atoms with Gasteiger partial charge < -0.3 is 0 Å². The van der Waals surface area contributed by atoms with Crippen molar-refractivity contribution in [2.75, 3.05) is 13.3 Å². The topological polar surface area (TPSA) is 25.8 Å². The van der Waals surface area contributed by atoms with Gasteiger partial charge in [0, 0.05) is 10.8 Å². The lowest BCUT2D eigenvalue weighted by molar-refractivity contribution is 0.874. The quantitative estimate of drug-likeness (QED) is 0.761. The summed E-state index contributed by atoms with van der Waals surface area (Å²) < 4.78 is 0. The van der Waals surface area contributed by atoms with Crippen molar-refractivity contribution in [3.8, 4) is 0 Å². The van der Waals surface area contributed by atoms with Crippen molar-refractivity contribution in [1.29, 1.82) is 0 Å². The fourth-order valence-corrected chi connectivity index (χ4v) is 4.09. The van der Waals surface area contributed by atoms with Crippen LogP contribution in [-0.2, 0) is 0 Å². The summed E-state index contributed by atoms with van der Waals surface area (Å²) in [4.78, 5) is 0. The lowest BCUT2D eigenvalue weighted by Crippen LogP contribution is -2.13. The molecule has 90 valence electrons. The molecule has 0 unspecified atom stereocenters. The van der Waals surface area contributed by atoms with Gasteiger partial charge in [0.1, 0.15) is 0 Å². The molecule has 2 aromatic rings. The highest BCUT2D eigenvalue weighted by atomic mass is 31.2. The van der Waals surface area contributed by atoms with E-state index in [-0.39, 0.29) is 0 Å². The third-order valence-corrected chi connectivity index (χ3v) is 4.67. The van der Waals surface area contributed by atoms with Gasteiger partial charge in [-0.05, 0) is 30.1 Å². The second-order valence-corrected chi connectivity index (χ2v) is 9.15. The smallest absolute Gasteiger partial charge is 0.0581 e. The number of rotatable bonds is 2. The summed E-state index contributed by atoms with van der Waals surface area (Å²) in [6.45, 7) is 7.66. The van der Waals surface area contributed by atoms with Crippen molar-refractivity contribution in [3.05, 3.63) is 30.1 Å². The first-order valence-electron chi connectivity index (χ1n) is 5.83. The zero-order chi connectivity index (χ0) is 12.6. The van der Waals surface area contributed by atoms with Gasteiger partial charge >= 0.3 is 0 Å². The van der Waals surface area contributed by atoms with Crippen molar-refractivity contribution in [2.24, 2.45) is 0 Å². The summed E-state index contributed by atoms with van der Waals surface area (Å²) in [6.07, 6.45) is 8.11. The highest BCUT2D eigenvalue weighted by Gasteiger charge is 2.16. The van der Waals surface area contributed by atoms with E-state index in [0.29, 0.717) is 5.92 Å². The molecule has 2 nitrogen and oxygen atoms in total. The molecule has 1 heterocycles.